The van der Waals surface area contributed by atoms with Gasteiger partial charge in [-0.15, -0.1) is 0 Å². The molecule has 0 bridgehead atoms. The van der Waals surface area contributed by atoms with Crippen molar-refractivity contribution in [2.45, 2.75) is 18.2 Å². The molecular weight excluding hydrogens is 249 g/mol. The summed E-state index contributed by atoms with van der Waals surface area (Å²) in [6, 6.07) is 0. The number of carbonyl (C=O) groups is 1. The summed E-state index contributed by atoms with van der Waals surface area (Å²) in [5.74, 6) is 0. The summed E-state index contributed by atoms with van der Waals surface area (Å²) < 4.78 is 13.9. The van der Waals surface area contributed by atoms with Crippen molar-refractivity contribution in [3.63, 3.8) is 0 Å². The van der Waals surface area contributed by atoms with E-state index in [2.05, 4.69) is 4.98 Å². The lowest BCUT2D eigenvalue weighted by Crippen LogP contribution is -2.52. The second-order valence-electron chi connectivity index (χ2n) is 3.93. The highest BCUT2D eigenvalue weighted by Crippen LogP contribution is 2.38. The van der Waals surface area contributed by atoms with Gasteiger partial charge in [-0.05, 0) is 0 Å². The molecule has 1 aromatic rings. The second-order valence-corrected chi connectivity index (χ2v) is 5.00. The molecule has 6 nitrogen and oxygen atoms in total. The molecule has 1 saturated heterocycles. The molecule has 0 spiro atoms. The molecule has 0 aliphatic carbocycles. The third kappa shape index (κ3) is 2.05. The molecule has 1 aromatic heterocycles. The Hall–Kier alpha value is -1.41. The lowest BCUT2D eigenvalue weighted by molar-refractivity contribution is -0.0824. The van der Waals surface area contributed by atoms with Gasteiger partial charge in [0.2, 0.25) is 0 Å². The fourth-order valence-corrected chi connectivity index (χ4v) is 2.68. The van der Waals surface area contributed by atoms with Crippen LogP contribution in [0.2, 0.25) is 0 Å². The lowest BCUT2D eigenvalue weighted by Gasteiger charge is -2.38. The van der Waals surface area contributed by atoms with Crippen LogP contribution in [-0.2, 0) is 5.60 Å². The Morgan fingerprint density at radius 3 is 2.94 bits per heavy atom. The van der Waals surface area contributed by atoms with E-state index in [4.69, 9.17) is 10.8 Å². The number of nitrogens with zero attached hydrogens (tertiary/aromatic N) is 2. The van der Waals surface area contributed by atoms with E-state index in [1.807, 2.05) is 0 Å². The first-order chi connectivity index (χ1) is 7.93. The number of halogens is 1. The van der Waals surface area contributed by atoms with E-state index in [9.17, 15) is 14.3 Å². The van der Waals surface area contributed by atoms with Gasteiger partial charge in [0, 0.05) is 19.2 Å². The summed E-state index contributed by atoms with van der Waals surface area (Å²) >= 11 is 1.02. The molecule has 0 saturated carbocycles. The molecule has 8 heteroatoms. The van der Waals surface area contributed by atoms with Crippen LogP contribution in [0, 0.1) is 0 Å². The standard InChI is InChI=1S/C9H12FN3O3S/c10-5-4-13(8(14)15)2-1-9(5,16)6-3-12-7(11)17-6/h3,5,16H,1-2,4H2,(H2,11,12)(H,14,15)/t5-,9-/m1/s1. The minimum Gasteiger partial charge on any atom is -0.465 e. The van der Waals surface area contributed by atoms with Gasteiger partial charge in [-0.2, -0.15) is 0 Å². The number of hydrogen-bond acceptors (Lipinski definition) is 5. The number of amides is 1. The van der Waals surface area contributed by atoms with E-state index >= 15 is 0 Å². The molecule has 0 aromatic carbocycles. The summed E-state index contributed by atoms with van der Waals surface area (Å²) in [6.45, 7) is -0.256. The van der Waals surface area contributed by atoms with Crippen molar-refractivity contribution >= 4 is 22.6 Å². The van der Waals surface area contributed by atoms with Crippen molar-refractivity contribution in [1.82, 2.24) is 9.88 Å². The molecule has 2 atom stereocenters. The number of nitrogens with two attached hydrogens (primary N) is 1. The van der Waals surface area contributed by atoms with E-state index in [-0.39, 0.29) is 24.6 Å². The molecule has 2 rings (SSSR count). The van der Waals surface area contributed by atoms with Crippen LogP contribution in [0.15, 0.2) is 6.20 Å². The molecule has 4 N–H and O–H groups in total. The monoisotopic (exact) mass is 261 g/mol. The quantitative estimate of drug-likeness (QED) is 0.688. The minimum absolute atomic E-state index is 0.00208. The number of piperidine rings is 1. The highest BCUT2D eigenvalue weighted by molar-refractivity contribution is 7.15. The number of nitrogen functional groups attached to an aromatic ring is 1. The third-order valence-electron chi connectivity index (χ3n) is 2.88. The van der Waals surface area contributed by atoms with Crippen molar-refractivity contribution in [2.24, 2.45) is 0 Å². The first-order valence-electron chi connectivity index (χ1n) is 4.99. The summed E-state index contributed by atoms with van der Waals surface area (Å²) in [5.41, 5.74) is 3.76. The molecule has 94 valence electrons. The maximum atomic E-state index is 13.9. The lowest BCUT2D eigenvalue weighted by atomic mass is 9.88. The highest BCUT2D eigenvalue weighted by Gasteiger charge is 2.45. The van der Waals surface area contributed by atoms with E-state index in [0.717, 1.165) is 16.2 Å². The molecule has 1 fully saturated rings. The Morgan fingerprint density at radius 1 is 1.76 bits per heavy atom. The van der Waals surface area contributed by atoms with Gasteiger partial charge in [-0.1, -0.05) is 11.3 Å². The number of alkyl halides is 1. The van der Waals surface area contributed by atoms with Crippen LogP contribution in [0.25, 0.3) is 0 Å². The van der Waals surface area contributed by atoms with Crippen molar-refractivity contribution in [1.29, 1.82) is 0 Å². The largest absolute Gasteiger partial charge is 0.465 e. The van der Waals surface area contributed by atoms with Crippen LogP contribution in [-0.4, -0.2) is 45.5 Å². The first-order valence-corrected chi connectivity index (χ1v) is 5.81. The average molecular weight is 261 g/mol. The smallest absolute Gasteiger partial charge is 0.407 e. The van der Waals surface area contributed by atoms with Crippen LogP contribution in [0.4, 0.5) is 14.3 Å². The average Bonchev–Trinajstić information content (AvgIpc) is 2.69. The zero-order chi connectivity index (χ0) is 12.6. The van der Waals surface area contributed by atoms with Crippen LogP contribution in [0.1, 0.15) is 11.3 Å². The van der Waals surface area contributed by atoms with Gasteiger partial charge in [0.25, 0.3) is 0 Å². The number of likely N-dealkylation sites (tertiary alicyclic amines) is 1. The number of rotatable bonds is 1. The van der Waals surface area contributed by atoms with E-state index < -0.39 is 17.9 Å². The third-order valence-corrected chi connectivity index (χ3v) is 3.88. The van der Waals surface area contributed by atoms with Crippen LogP contribution in [0.5, 0.6) is 0 Å². The highest BCUT2D eigenvalue weighted by atomic mass is 32.1. The zero-order valence-corrected chi connectivity index (χ0v) is 9.65. The van der Waals surface area contributed by atoms with E-state index in [1.54, 1.807) is 0 Å². The minimum atomic E-state index is -1.68. The number of carboxylic acid groups (broad SMARTS) is 1. The van der Waals surface area contributed by atoms with Gasteiger partial charge in [0.05, 0.1) is 11.4 Å². The summed E-state index contributed by atoms with van der Waals surface area (Å²) in [4.78, 5) is 15.8. The number of hydrogen-bond donors (Lipinski definition) is 3. The van der Waals surface area contributed by atoms with Crippen molar-refractivity contribution in [3.8, 4) is 0 Å². The predicted molar refractivity (Wildman–Crippen MR) is 59.5 cm³/mol. The van der Waals surface area contributed by atoms with Crippen molar-refractivity contribution in [3.05, 3.63) is 11.1 Å². The predicted octanol–water partition coefficient (Wildman–Crippen LogP) is 0.635. The maximum Gasteiger partial charge on any atom is 0.407 e. The van der Waals surface area contributed by atoms with Crippen molar-refractivity contribution < 1.29 is 19.4 Å². The van der Waals surface area contributed by atoms with Crippen LogP contribution in [0.3, 0.4) is 0 Å². The Morgan fingerprint density at radius 2 is 2.47 bits per heavy atom. The summed E-state index contributed by atoms with van der Waals surface area (Å²) in [7, 11) is 0. The van der Waals surface area contributed by atoms with E-state index in [0.29, 0.717) is 4.88 Å². The van der Waals surface area contributed by atoms with Gasteiger partial charge in [-0.3, -0.25) is 0 Å². The number of aromatic nitrogens is 1. The molecule has 1 aliphatic rings. The Labute approximate surface area is 100 Å². The maximum absolute atomic E-state index is 13.9. The van der Waals surface area contributed by atoms with Gasteiger partial charge in [0.15, 0.2) is 11.3 Å². The van der Waals surface area contributed by atoms with Gasteiger partial charge in [0.1, 0.15) is 5.60 Å². The molecule has 1 amide bonds. The fourth-order valence-electron chi connectivity index (χ4n) is 1.84. The Kier molecular flexibility index (Phi) is 2.92. The fraction of sp³-hybridized carbons (Fsp3) is 0.556. The zero-order valence-electron chi connectivity index (χ0n) is 8.84. The van der Waals surface area contributed by atoms with Crippen LogP contribution < -0.4 is 5.73 Å². The molecule has 0 radical (unpaired) electrons. The molecule has 1 aliphatic heterocycles. The topological polar surface area (TPSA) is 99.7 Å². The normalized spacial score (nSPS) is 29.3. The molecule has 2 heterocycles. The van der Waals surface area contributed by atoms with Gasteiger partial charge < -0.3 is 20.8 Å². The number of thiazole rings is 1. The van der Waals surface area contributed by atoms with Gasteiger partial charge in [-0.25, -0.2) is 14.2 Å². The van der Waals surface area contributed by atoms with Crippen molar-refractivity contribution in [2.75, 3.05) is 18.8 Å². The second kappa shape index (κ2) is 4.11. The first kappa shape index (κ1) is 12.1. The Bertz CT molecular complexity index is 441. The number of aliphatic hydroxyl groups is 1. The van der Waals surface area contributed by atoms with E-state index in [1.165, 1.54) is 6.20 Å². The summed E-state index contributed by atoms with van der Waals surface area (Å²) in [6.07, 6.45) is -1.52. The summed E-state index contributed by atoms with van der Waals surface area (Å²) in [5, 5.41) is 19.2. The molecule has 0 unspecified atom stereocenters. The molecular formula is C9H12FN3O3S. The van der Waals surface area contributed by atoms with Crippen LogP contribution >= 0.6 is 11.3 Å². The van der Waals surface area contributed by atoms with Gasteiger partial charge >= 0.3 is 6.09 Å². The Balaban J connectivity index is 2.20. The SMILES string of the molecule is Nc1ncc([C@@]2(O)CCN(C(=O)O)C[C@H]2F)s1. The molecule has 17 heavy (non-hydrogen) atoms. The number of anilines is 1.